The number of amidine groups is 1. The number of nitrogens with zero attached hydrogens (tertiary/aromatic N) is 2. The van der Waals surface area contributed by atoms with E-state index < -0.39 is 9.84 Å². The number of carbonyl (C=O) groups excluding carboxylic acids is 1. The van der Waals surface area contributed by atoms with E-state index in [0.717, 1.165) is 10.2 Å². The van der Waals surface area contributed by atoms with E-state index in [1.54, 1.807) is 0 Å². The van der Waals surface area contributed by atoms with Crippen molar-refractivity contribution in [2.45, 2.75) is 45.4 Å². The number of amides is 1. The second-order valence-corrected chi connectivity index (χ2v) is 11.5. The summed E-state index contributed by atoms with van der Waals surface area (Å²) < 4.78 is 36.8. The van der Waals surface area contributed by atoms with Gasteiger partial charge in [-0.1, -0.05) is 25.6 Å². The van der Waals surface area contributed by atoms with Gasteiger partial charge in [0, 0.05) is 27.8 Å². The first-order valence-corrected chi connectivity index (χ1v) is 13.6. The summed E-state index contributed by atoms with van der Waals surface area (Å²) in [6, 6.07) is 3.36. The second-order valence-electron chi connectivity index (χ2n) is 7.33. The molecule has 0 N–H and O–H groups in total. The average molecular weight is 519 g/mol. The van der Waals surface area contributed by atoms with E-state index in [4.69, 9.17) is 9.47 Å². The second kappa shape index (κ2) is 9.48. The summed E-state index contributed by atoms with van der Waals surface area (Å²) >= 11 is 4.97. The summed E-state index contributed by atoms with van der Waals surface area (Å²) in [6.45, 7) is 8.53. The number of sulfone groups is 1. The summed E-state index contributed by atoms with van der Waals surface area (Å²) in [5.41, 5.74) is 0.717. The lowest BCUT2D eigenvalue weighted by molar-refractivity contribution is -0.121. The van der Waals surface area contributed by atoms with Crippen LogP contribution in [0.25, 0.3) is 0 Å². The monoisotopic (exact) mass is 518 g/mol. The first-order chi connectivity index (χ1) is 14.2. The molecule has 2 aliphatic rings. The molecule has 0 bridgehead atoms. The molecule has 0 aliphatic carbocycles. The number of halogens is 1. The van der Waals surface area contributed by atoms with Gasteiger partial charge in [0.05, 0.1) is 36.4 Å². The van der Waals surface area contributed by atoms with Gasteiger partial charge in [-0.25, -0.2) is 8.42 Å². The average Bonchev–Trinajstić information content (AvgIpc) is 3.14. The maximum absolute atomic E-state index is 12.5. The summed E-state index contributed by atoms with van der Waals surface area (Å²) in [5.74, 6) is 0.908. The number of ether oxygens (including phenoxy) is 2. The lowest BCUT2D eigenvalue weighted by Gasteiger charge is -2.27. The fraction of sp³-hybridized carbons (Fsp3) is 0.600. The first kappa shape index (κ1) is 23.4. The lowest BCUT2D eigenvalue weighted by atomic mass is 10.1. The molecule has 30 heavy (non-hydrogen) atoms. The number of rotatable bonds is 7. The Morgan fingerprint density at radius 2 is 1.87 bits per heavy atom. The number of fused-ring (bicyclic) bond motifs is 1. The Kier molecular flexibility index (Phi) is 7.40. The van der Waals surface area contributed by atoms with E-state index in [0.29, 0.717) is 36.3 Å². The zero-order chi connectivity index (χ0) is 22.1. The highest BCUT2D eigenvalue weighted by Gasteiger charge is 2.50. The van der Waals surface area contributed by atoms with E-state index >= 15 is 0 Å². The van der Waals surface area contributed by atoms with Crippen molar-refractivity contribution in [1.82, 2.24) is 0 Å². The van der Waals surface area contributed by atoms with Gasteiger partial charge < -0.3 is 14.4 Å². The molecule has 3 atom stereocenters. The van der Waals surface area contributed by atoms with E-state index in [2.05, 4.69) is 20.9 Å². The van der Waals surface area contributed by atoms with Crippen LogP contribution in [0.1, 0.15) is 34.1 Å². The largest absolute Gasteiger partial charge is 0.490 e. The summed E-state index contributed by atoms with van der Waals surface area (Å²) in [4.78, 5) is 18.8. The Balaban J connectivity index is 2.09. The standard InChI is InChI=1S/C20H27BrN2O5S2/c1-5-12(4)19(24)22-20-23(15-10-30(25,26)11-18(15)29-20)14-9-17(28-7-3)16(27-6-2)8-13(14)21/h8-9,12,15,18H,5-7,10-11H2,1-4H3/t12-,15+,18+/m1/s1. The van der Waals surface area contributed by atoms with Gasteiger partial charge in [0.15, 0.2) is 26.5 Å². The maximum atomic E-state index is 12.5. The quantitative estimate of drug-likeness (QED) is 0.540. The fourth-order valence-corrected chi connectivity index (χ4v) is 7.90. The third-order valence-corrected chi connectivity index (χ3v) is 9.02. The highest BCUT2D eigenvalue weighted by atomic mass is 79.9. The predicted octanol–water partition coefficient (Wildman–Crippen LogP) is 3.89. The molecule has 0 saturated carbocycles. The molecule has 3 rings (SSSR count). The highest BCUT2D eigenvalue weighted by molar-refractivity contribution is 9.10. The van der Waals surface area contributed by atoms with Crippen LogP contribution in [0, 0.1) is 5.92 Å². The van der Waals surface area contributed by atoms with Crippen molar-refractivity contribution in [3.63, 3.8) is 0 Å². The molecule has 2 fully saturated rings. The molecular formula is C20H27BrN2O5S2. The molecule has 0 spiro atoms. The van der Waals surface area contributed by atoms with Gasteiger partial charge in [-0.2, -0.15) is 4.99 Å². The summed E-state index contributed by atoms with van der Waals surface area (Å²) in [6.07, 6.45) is 0.697. The number of thioether (sulfide) groups is 1. The van der Waals surface area contributed by atoms with Crippen LogP contribution in [0.4, 0.5) is 5.69 Å². The molecule has 0 radical (unpaired) electrons. The topological polar surface area (TPSA) is 85.3 Å². The Hall–Kier alpha value is -1.26. The smallest absolute Gasteiger partial charge is 0.250 e. The normalized spacial score (nSPS) is 24.7. The van der Waals surface area contributed by atoms with Crippen LogP contribution in [-0.4, -0.2) is 55.5 Å². The maximum Gasteiger partial charge on any atom is 0.250 e. The minimum Gasteiger partial charge on any atom is -0.490 e. The molecule has 1 aromatic rings. The first-order valence-electron chi connectivity index (χ1n) is 10.1. The third kappa shape index (κ3) is 4.80. The SMILES string of the molecule is CCOc1cc(Br)c(N2C(=NC(=O)[C@H](C)CC)S[C@H]3CS(=O)(=O)C[C@@H]32)cc1OCC. The van der Waals surface area contributed by atoms with Crippen molar-refractivity contribution in [2.75, 3.05) is 29.6 Å². The molecule has 2 aliphatic heterocycles. The molecule has 10 heteroatoms. The molecule has 2 heterocycles. The molecule has 1 aromatic carbocycles. The molecule has 1 amide bonds. The predicted molar refractivity (Wildman–Crippen MR) is 125 cm³/mol. The van der Waals surface area contributed by atoms with Crippen molar-refractivity contribution in [1.29, 1.82) is 0 Å². The van der Waals surface area contributed by atoms with Crippen LogP contribution in [0.2, 0.25) is 0 Å². The minimum atomic E-state index is -3.14. The van der Waals surface area contributed by atoms with Crippen molar-refractivity contribution < 1.29 is 22.7 Å². The van der Waals surface area contributed by atoms with Crippen LogP contribution >= 0.6 is 27.7 Å². The van der Waals surface area contributed by atoms with Gasteiger partial charge in [-0.05, 0) is 36.2 Å². The zero-order valence-electron chi connectivity index (χ0n) is 17.6. The van der Waals surface area contributed by atoms with Crippen LogP contribution in [-0.2, 0) is 14.6 Å². The van der Waals surface area contributed by atoms with Gasteiger partial charge in [0.1, 0.15) is 0 Å². The van der Waals surface area contributed by atoms with Crippen molar-refractivity contribution in [3.05, 3.63) is 16.6 Å². The molecule has 7 nitrogen and oxygen atoms in total. The number of hydrogen-bond donors (Lipinski definition) is 0. The fourth-order valence-electron chi connectivity index (χ4n) is 3.47. The van der Waals surface area contributed by atoms with Crippen LogP contribution in [0.5, 0.6) is 11.5 Å². The summed E-state index contributed by atoms with van der Waals surface area (Å²) in [7, 11) is -3.14. The van der Waals surface area contributed by atoms with Crippen molar-refractivity contribution in [3.8, 4) is 11.5 Å². The Morgan fingerprint density at radius 3 is 2.47 bits per heavy atom. The zero-order valence-corrected chi connectivity index (χ0v) is 20.8. The van der Waals surface area contributed by atoms with Crippen LogP contribution in [0.15, 0.2) is 21.6 Å². The van der Waals surface area contributed by atoms with Gasteiger partial charge >= 0.3 is 0 Å². The van der Waals surface area contributed by atoms with Gasteiger partial charge in [-0.15, -0.1) is 0 Å². The third-order valence-electron chi connectivity index (χ3n) is 5.18. The number of benzene rings is 1. The minimum absolute atomic E-state index is 0.0326. The Bertz CT molecular complexity index is 951. The Morgan fingerprint density at radius 1 is 1.23 bits per heavy atom. The van der Waals surface area contributed by atoms with Gasteiger partial charge in [0.2, 0.25) is 0 Å². The number of hydrogen-bond acceptors (Lipinski definition) is 6. The van der Waals surface area contributed by atoms with E-state index in [1.165, 1.54) is 11.8 Å². The van der Waals surface area contributed by atoms with Gasteiger partial charge in [-0.3, -0.25) is 4.79 Å². The van der Waals surface area contributed by atoms with Crippen molar-refractivity contribution in [2.24, 2.45) is 10.9 Å². The van der Waals surface area contributed by atoms with E-state index in [-0.39, 0.29) is 34.6 Å². The summed E-state index contributed by atoms with van der Waals surface area (Å²) in [5, 5.41) is 0.380. The van der Waals surface area contributed by atoms with E-state index in [9.17, 15) is 13.2 Å². The van der Waals surface area contributed by atoms with E-state index in [1.807, 2.05) is 44.7 Å². The highest BCUT2D eigenvalue weighted by Crippen LogP contribution is 2.46. The molecular weight excluding hydrogens is 492 g/mol. The van der Waals surface area contributed by atoms with Crippen LogP contribution in [0.3, 0.4) is 0 Å². The van der Waals surface area contributed by atoms with Crippen LogP contribution < -0.4 is 14.4 Å². The molecule has 2 saturated heterocycles. The Labute approximate surface area is 190 Å². The van der Waals surface area contributed by atoms with Crippen molar-refractivity contribution >= 4 is 54.3 Å². The van der Waals surface area contributed by atoms with Gasteiger partial charge in [0.25, 0.3) is 5.91 Å². The molecule has 166 valence electrons. The number of carbonyl (C=O) groups is 1. The lowest BCUT2D eigenvalue weighted by Crippen LogP contribution is -2.38. The number of aliphatic imine (C=N–C) groups is 1. The molecule has 0 unspecified atom stereocenters. The number of anilines is 1. The molecule has 0 aromatic heterocycles.